The Morgan fingerprint density at radius 3 is 2.69 bits per heavy atom. The zero-order valence-electron chi connectivity index (χ0n) is 16.4. The van der Waals surface area contributed by atoms with Gasteiger partial charge in [-0.3, -0.25) is 0 Å². The lowest BCUT2D eigenvalue weighted by Gasteiger charge is -2.14. The summed E-state index contributed by atoms with van der Waals surface area (Å²) in [6.45, 7) is 2.11. The van der Waals surface area contributed by atoms with Crippen molar-refractivity contribution in [2.24, 2.45) is 0 Å². The molecule has 2 N–H and O–H groups in total. The molecule has 0 aliphatic rings. The molecular weight excluding hydrogens is 397 g/mol. The van der Waals surface area contributed by atoms with Gasteiger partial charge in [0, 0.05) is 17.5 Å². The Labute approximate surface area is 171 Å². The second-order valence-electron chi connectivity index (χ2n) is 6.31. The highest BCUT2D eigenvalue weighted by Gasteiger charge is 2.15. The van der Waals surface area contributed by atoms with Crippen LogP contribution in [0.2, 0.25) is 0 Å². The summed E-state index contributed by atoms with van der Waals surface area (Å²) in [5, 5.41) is 13.6. The Hall–Kier alpha value is -2.78. The number of hydrogen-bond donors (Lipinski definition) is 2. The zero-order chi connectivity index (χ0) is 21.0. The maximum Gasteiger partial charge on any atom is 0.163 e. The second-order valence-corrected chi connectivity index (χ2v) is 7.86. The first-order chi connectivity index (χ1) is 13.9. The third-order valence-electron chi connectivity index (χ3n) is 4.35. The van der Waals surface area contributed by atoms with Gasteiger partial charge in [-0.1, -0.05) is 18.1 Å². The average molecular weight is 419 g/mol. The third-order valence-corrected chi connectivity index (χ3v) is 5.09. The van der Waals surface area contributed by atoms with E-state index in [4.69, 9.17) is 9.47 Å². The predicted octanol–water partition coefficient (Wildman–Crippen LogP) is 3.55. The number of phenolic OH excluding ortho intramolecular Hbond substituents is 1. The number of nitrogens with zero attached hydrogens (tertiary/aromatic N) is 2. The molecule has 0 saturated carbocycles. The number of aromatic nitrogens is 2. The first kappa shape index (κ1) is 20.9. The fraction of sp³-hybridized carbons (Fsp3) is 0.300. The third kappa shape index (κ3) is 4.80. The van der Waals surface area contributed by atoms with E-state index in [0.29, 0.717) is 46.0 Å². The molecule has 7 nitrogen and oxygen atoms in total. The van der Waals surface area contributed by atoms with Gasteiger partial charge in [0.25, 0.3) is 0 Å². The highest BCUT2D eigenvalue weighted by molar-refractivity contribution is 7.90. The molecule has 9 heteroatoms. The molecule has 29 heavy (non-hydrogen) atoms. The summed E-state index contributed by atoms with van der Waals surface area (Å²) in [6, 6.07) is 6.01. The molecule has 1 heterocycles. The summed E-state index contributed by atoms with van der Waals surface area (Å²) in [7, 11) is 1.50. The number of anilines is 2. The van der Waals surface area contributed by atoms with Gasteiger partial charge in [0.15, 0.2) is 11.5 Å². The van der Waals surface area contributed by atoms with Crippen LogP contribution in [0.15, 0.2) is 30.6 Å². The van der Waals surface area contributed by atoms with Crippen LogP contribution in [0.3, 0.4) is 0 Å². The predicted molar refractivity (Wildman–Crippen MR) is 111 cm³/mol. The minimum absolute atomic E-state index is 0.0105. The lowest BCUT2D eigenvalue weighted by Crippen LogP contribution is -2.12. The fourth-order valence-corrected chi connectivity index (χ4v) is 3.13. The standard InChI is InChI=1S/C20H22FN3O4S/c1-4-12-7-14(21)16(9-17(12)25)24-20-13-8-18(27-2)19(28-5-6-29(3)26)10-15(13)22-11-23-20/h7-11,25H,4-6H2,1-3H3,(H,22,23,24). The smallest absolute Gasteiger partial charge is 0.163 e. The molecule has 0 saturated heterocycles. The van der Waals surface area contributed by atoms with Gasteiger partial charge in [-0.05, 0) is 24.1 Å². The van der Waals surface area contributed by atoms with E-state index in [9.17, 15) is 14.0 Å². The molecule has 3 aromatic rings. The number of benzene rings is 2. The van der Waals surface area contributed by atoms with Crippen LogP contribution < -0.4 is 14.8 Å². The largest absolute Gasteiger partial charge is 0.616 e. The number of halogens is 1. The van der Waals surface area contributed by atoms with Crippen molar-refractivity contribution in [3.8, 4) is 17.2 Å². The molecule has 1 atom stereocenters. The molecule has 0 bridgehead atoms. The normalized spacial score (nSPS) is 12.0. The molecule has 0 aliphatic carbocycles. The molecule has 1 aromatic heterocycles. The number of hydrogen-bond acceptors (Lipinski definition) is 7. The summed E-state index contributed by atoms with van der Waals surface area (Å²) in [6.07, 6.45) is 3.47. The summed E-state index contributed by atoms with van der Waals surface area (Å²) in [5.74, 6) is 1.18. The first-order valence-corrected chi connectivity index (χ1v) is 10.7. The molecule has 0 fully saturated rings. The number of aryl methyl sites for hydroxylation is 1. The van der Waals surface area contributed by atoms with E-state index in [0.717, 1.165) is 0 Å². The SMILES string of the molecule is CCc1cc(F)c(Nc2ncnc3cc(OCC[S+](C)[O-])c(OC)cc23)cc1O. The number of phenols is 1. The van der Waals surface area contributed by atoms with Crippen molar-refractivity contribution in [3.63, 3.8) is 0 Å². The fourth-order valence-electron chi connectivity index (χ4n) is 2.81. The number of aromatic hydroxyl groups is 1. The monoisotopic (exact) mass is 419 g/mol. The summed E-state index contributed by atoms with van der Waals surface area (Å²) < 4.78 is 36.7. The lowest BCUT2D eigenvalue weighted by atomic mass is 10.1. The molecular formula is C20H22FN3O4S. The maximum absolute atomic E-state index is 14.4. The quantitative estimate of drug-likeness (QED) is 0.539. The van der Waals surface area contributed by atoms with Crippen LogP contribution >= 0.6 is 0 Å². The number of fused-ring (bicyclic) bond motifs is 1. The lowest BCUT2D eigenvalue weighted by molar-refractivity contribution is 0.312. The van der Waals surface area contributed by atoms with Crippen molar-refractivity contribution in [2.45, 2.75) is 13.3 Å². The van der Waals surface area contributed by atoms with Crippen LogP contribution in [-0.4, -0.2) is 45.4 Å². The van der Waals surface area contributed by atoms with Crippen molar-refractivity contribution in [1.29, 1.82) is 0 Å². The van der Waals surface area contributed by atoms with E-state index >= 15 is 0 Å². The van der Waals surface area contributed by atoms with Crippen molar-refractivity contribution < 1.29 is 23.5 Å². The van der Waals surface area contributed by atoms with Gasteiger partial charge in [0.05, 0.1) is 24.6 Å². The van der Waals surface area contributed by atoms with Crippen LogP contribution in [-0.2, 0) is 17.6 Å². The Kier molecular flexibility index (Phi) is 6.60. The summed E-state index contributed by atoms with van der Waals surface area (Å²) in [5.41, 5.74) is 1.19. The van der Waals surface area contributed by atoms with Crippen molar-refractivity contribution in [2.75, 3.05) is 31.0 Å². The van der Waals surface area contributed by atoms with Crippen molar-refractivity contribution >= 4 is 33.6 Å². The highest BCUT2D eigenvalue weighted by Crippen LogP contribution is 2.35. The Morgan fingerprint density at radius 2 is 2.00 bits per heavy atom. The second kappa shape index (κ2) is 9.15. The molecule has 1 unspecified atom stereocenters. The topological polar surface area (TPSA) is 99.6 Å². The van der Waals surface area contributed by atoms with Crippen LogP contribution in [0, 0.1) is 5.82 Å². The molecule has 0 spiro atoms. The van der Waals surface area contributed by atoms with E-state index in [2.05, 4.69) is 15.3 Å². The minimum atomic E-state index is -0.965. The minimum Gasteiger partial charge on any atom is -0.616 e. The van der Waals surface area contributed by atoms with E-state index in [1.54, 1.807) is 18.4 Å². The Morgan fingerprint density at radius 1 is 1.21 bits per heavy atom. The van der Waals surface area contributed by atoms with E-state index in [1.165, 1.54) is 25.6 Å². The van der Waals surface area contributed by atoms with Gasteiger partial charge in [-0.15, -0.1) is 0 Å². The first-order valence-electron chi connectivity index (χ1n) is 8.97. The number of rotatable bonds is 8. The molecule has 154 valence electrons. The van der Waals surface area contributed by atoms with Gasteiger partial charge < -0.3 is 24.4 Å². The van der Waals surface area contributed by atoms with Gasteiger partial charge >= 0.3 is 0 Å². The number of methoxy groups -OCH3 is 1. The molecule has 3 rings (SSSR count). The maximum atomic E-state index is 14.4. The molecule has 2 aromatic carbocycles. The summed E-state index contributed by atoms with van der Waals surface area (Å²) in [4.78, 5) is 8.44. The van der Waals surface area contributed by atoms with Crippen LogP contribution in [0.1, 0.15) is 12.5 Å². The van der Waals surface area contributed by atoms with E-state index in [-0.39, 0.29) is 18.0 Å². The van der Waals surface area contributed by atoms with Crippen molar-refractivity contribution in [1.82, 2.24) is 9.97 Å². The van der Waals surface area contributed by atoms with Gasteiger partial charge in [0.1, 0.15) is 36.1 Å². The molecule has 0 amide bonds. The Bertz CT molecular complexity index is 1020. The number of nitrogens with one attached hydrogen (secondary N) is 1. The summed E-state index contributed by atoms with van der Waals surface area (Å²) >= 11 is -0.965. The number of ether oxygens (including phenoxy) is 2. The molecule has 0 aliphatic heterocycles. The Balaban J connectivity index is 1.96. The van der Waals surface area contributed by atoms with Crippen LogP contribution in [0.5, 0.6) is 17.2 Å². The highest BCUT2D eigenvalue weighted by atomic mass is 32.2. The van der Waals surface area contributed by atoms with Gasteiger partial charge in [0.2, 0.25) is 0 Å². The van der Waals surface area contributed by atoms with Gasteiger partial charge in [-0.25, -0.2) is 14.4 Å². The van der Waals surface area contributed by atoms with Gasteiger partial charge in [-0.2, -0.15) is 0 Å². The van der Waals surface area contributed by atoms with Crippen molar-refractivity contribution in [3.05, 3.63) is 42.0 Å². The van der Waals surface area contributed by atoms with Crippen LogP contribution in [0.4, 0.5) is 15.9 Å². The zero-order valence-corrected chi connectivity index (χ0v) is 17.2. The van der Waals surface area contributed by atoms with Crippen LogP contribution in [0.25, 0.3) is 10.9 Å². The van der Waals surface area contributed by atoms with E-state index in [1.807, 2.05) is 6.92 Å². The van der Waals surface area contributed by atoms with E-state index < -0.39 is 17.0 Å². The average Bonchev–Trinajstić information content (AvgIpc) is 2.69. The molecule has 0 radical (unpaired) electrons.